The summed E-state index contributed by atoms with van der Waals surface area (Å²) in [6.45, 7) is 6.90. The van der Waals surface area contributed by atoms with E-state index in [1.807, 2.05) is 61.2 Å². The van der Waals surface area contributed by atoms with Crippen molar-refractivity contribution in [3.63, 3.8) is 0 Å². The molecule has 9 heteroatoms. The lowest BCUT2D eigenvalue weighted by Gasteiger charge is -2.37. The average molecular weight is 537 g/mol. The van der Waals surface area contributed by atoms with Crippen LogP contribution in [0.15, 0.2) is 71.2 Å². The van der Waals surface area contributed by atoms with Crippen molar-refractivity contribution in [1.82, 2.24) is 10.2 Å². The number of benzene rings is 2. The van der Waals surface area contributed by atoms with Gasteiger partial charge >= 0.3 is 0 Å². The van der Waals surface area contributed by atoms with Gasteiger partial charge in [-0.3, -0.25) is 14.9 Å². The van der Waals surface area contributed by atoms with E-state index in [0.29, 0.717) is 16.5 Å². The summed E-state index contributed by atoms with van der Waals surface area (Å²) in [5.74, 6) is 1.09. The third-order valence-electron chi connectivity index (χ3n) is 5.97. The van der Waals surface area contributed by atoms with Crippen LogP contribution < -0.4 is 15.5 Å². The topological polar surface area (TPSA) is 77.8 Å². The molecule has 1 aromatic heterocycles. The zero-order valence-electron chi connectivity index (χ0n) is 20.7. The van der Waals surface area contributed by atoms with Crippen LogP contribution in [0.5, 0.6) is 0 Å². The second-order valence-corrected chi connectivity index (χ2v) is 9.84. The van der Waals surface area contributed by atoms with Crippen LogP contribution in [0.4, 0.5) is 11.4 Å². The fourth-order valence-electron chi connectivity index (χ4n) is 3.99. The highest BCUT2D eigenvalue weighted by Gasteiger charge is 2.22. The van der Waals surface area contributed by atoms with Crippen molar-refractivity contribution in [2.75, 3.05) is 36.4 Å². The number of furan rings is 1. The Balaban J connectivity index is 1.24. The van der Waals surface area contributed by atoms with E-state index in [4.69, 9.17) is 28.2 Å². The average Bonchev–Trinajstić information content (AvgIpc) is 3.37. The summed E-state index contributed by atoms with van der Waals surface area (Å²) in [6, 6.07) is 18.8. The molecule has 1 fully saturated rings. The molecule has 0 radical (unpaired) electrons. The van der Waals surface area contributed by atoms with E-state index < -0.39 is 0 Å². The first-order valence-corrected chi connectivity index (χ1v) is 12.9. The Bertz CT molecular complexity index is 1280. The number of carbonyl (C=O) groups is 2. The number of carbonyl (C=O) groups excluding carboxylic acids is 2. The van der Waals surface area contributed by atoms with Gasteiger partial charge in [-0.1, -0.05) is 25.4 Å². The molecular weight excluding hydrogens is 508 g/mol. The van der Waals surface area contributed by atoms with Crippen molar-refractivity contribution in [3.05, 3.63) is 77.5 Å². The summed E-state index contributed by atoms with van der Waals surface area (Å²) in [5.41, 5.74) is 2.75. The summed E-state index contributed by atoms with van der Waals surface area (Å²) >= 11 is 11.2. The van der Waals surface area contributed by atoms with Gasteiger partial charge in [0.05, 0.1) is 0 Å². The third-order valence-corrected chi connectivity index (χ3v) is 6.42. The highest BCUT2D eigenvalue weighted by molar-refractivity contribution is 7.80. The Kier molecular flexibility index (Phi) is 8.63. The zero-order valence-corrected chi connectivity index (χ0v) is 22.3. The van der Waals surface area contributed by atoms with Gasteiger partial charge in [-0.15, -0.1) is 0 Å². The first-order valence-electron chi connectivity index (χ1n) is 12.1. The summed E-state index contributed by atoms with van der Waals surface area (Å²) in [4.78, 5) is 28.7. The molecule has 1 saturated heterocycles. The summed E-state index contributed by atoms with van der Waals surface area (Å²) in [7, 11) is 0. The number of piperazine rings is 1. The third kappa shape index (κ3) is 7.21. The van der Waals surface area contributed by atoms with Gasteiger partial charge in [0.2, 0.25) is 11.8 Å². The number of nitrogens with one attached hydrogen (secondary N) is 2. The summed E-state index contributed by atoms with van der Waals surface area (Å²) in [6.07, 6.45) is 2.95. The Morgan fingerprint density at radius 1 is 0.973 bits per heavy atom. The van der Waals surface area contributed by atoms with Gasteiger partial charge in [0, 0.05) is 60.1 Å². The summed E-state index contributed by atoms with van der Waals surface area (Å²) < 4.78 is 5.77. The van der Waals surface area contributed by atoms with E-state index >= 15 is 0 Å². The maximum absolute atomic E-state index is 12.3. The van der Waals surface area contributed by atoms with Crippen molar-refractivity contribution < 1.29 is 14.0 Å². The lowest BCUT2D eigenvalue weighted by atomic mass is 10.1. The Morgan fingerprint density at radius 3 is 2.30 bits per heavy atom. The normalized spacial score (nSPS) is 13.7. The van der Waals surface area contributed by atoms with E-state index in [9.17, 15) is 9.59 Å². The van der Waals surface area contributed by atoms with Crippen LogP contribution in [-0.2, 0) is 9.59 Å². The van der Waals surface area contributed by atoms with E-state index in [-0.39, 0.29) is 22.8 Å². The second-order valence-electron chi connectivity index (χ2n) is 9.00. The molecule has 3 aromatic rings. The fourth-order valence-corrected chi connectivity index (χ4v) is 4.34. The minimum Gasteiger partial charge on any atom is -0.457 e. The molecule has 2 aromatic carbocycles. The number of hydrogen-bond donors (Lipinski definition) is 2. The van der Waals surface area contributed by atoms with Crippen LogP contribution in [0.1, 0.15) is 19.6 Å². The van der Waals surface area contributed by atoms with Crippen LogP contribution >= 0.6 is 23.8 Å². The molecule has 2 heterocycles. The maximum atomic E-state index is 12.3. The highest BCUT2D eigenvalue weighted by atomic mass is 35.5. The monoisotopic (exact) mass is 536 g/mol. The molecule has 0 spiro atoms. The van der Waals surface area contributed by atoms with Crippen LogP contribution in [-0.4, -0.2) is 48.0 Å². The molecule has 1 aliphatic rings. The second kappa shape index (κ2) is 12.1. The van der Waals surface area contributed by atoms with E-state index in [0.717, 1.165) is 43.1 Å². The molecule has 0 unspecified atom stereocenters. The number of hydrogen-bond acceptors (Lipinski definition) is 5. The van der Waals surface area contributed by atoms with Gasteiger partial charge in [-0.2, -0.15) is 0 Å². The molecule has 7 nitrogen and oxygen atoms in total. The lowest BCUT2D eigenvalue weighted by Crippen LogP contribution is -2.49. The van der Waals surface area contributed by atoms with Gasteiger partial charge < -0.3 is 19.5 Å². The summed E-state index contributed by atoms with van der Waals surface area (Å²) in [5, 5.41) is 6.52. The number of thiocarbonyl (C=S) groups is 1. The maximum Gasteiger partial charge on any atom is 0.250 e. The molecule has 1 aliphatic heterocycles. The Hall–Kier alpha value is -3.62. The van der Waals surface area contributed by atoms with E-state index in [2.05, 4.69) is 15.5 Å². The van der Waals surface area contributed by atoms with Gasteiger partial charge in [-0.25, -0.2) is 0 Å². The minimum atomic E-state index is -0.368. The molecule has 0 aliphatic carbocycles. The zero-order chi connectivity index (χ0) is 26.4. The van der Waals surface area contributed by atoms with Crippen LogP contribution in [0.25, 0.3) is 17.4 Å². The van der Waals surface area contributed by atoms with Gasteiger partial charge in [0.1, 0.15) is 11.5 Å². The van der Waals surface area contributed by atoms with E-state index in [1.165, 1.54) is 6.08 Å². The first kappa shape index (κ1) is 26.4. The highest BCUT2D eigenvalue weighted by Crippen LogP contribution is 2.24. The number of rotatable bonds is 6. The number of amides is 2. The molecule has 192 valence electrons. The Morgan fingerprint density at radius 2 is 1.65 bits per heavy atom. The minimum absolute atomic E-state index is 0.0230. The first-order chi connectivity index (χ1) is 17.8. The quantitative estimate of drug-likeness (QED) is 0.323. The van der Waals surface area contributed by atoms with E-state index in [1.54, 1.807) is 24.3 Å². The molecular formula is C28H29ClN4O3S. The molecule has 37 heavy (non-hydrogen) atoms. The standard InChI is InChI=1S/C28H29ClN4O3S/c1-19(2)27(35)33-17-15-32(16-18-33)23-9-7-22(8-10-23)30-28(37)31-26(34)14-12-24-11-13-25(36-24)20-3-5-21(29)6-4-20/h3-14,19H,15-18H2,1-2H3,(H2,30,31,34,37). The van der Waals surface area contributed by atoms with Crippen LogP contribution in [0.3, 0.4) is 0 Å². The van der Waals surface area contributed by atoms with Crippen molar-refractivity contribution in [3.8, 4) is 11.3 Å². The molecule has 0 bridgehead atoms. The van der Waals surface area contributed by atoms with Gasteiger partial charge in [0.25, 0.3) is 0 Å². The molecule has 2 N–H and O–H groups in total. The molecule has 2 amide bonds. The van der Waals surface area contributed by atoms with Crippen molar-refractivity contribution in [2.24, 2.45) is 5.92 Å². The van der Waals surface area contributed by atoms with Crippen LogP contribution in [0.2, 0.25) is 5.02 Å². The van der Waals surface area contributed by atoms with Crippen molar-refractivity contribution in [1.29, 1.82) is 0 Å². The number of anilines is 2. The Labute approximate surface area is 227 Å². The number of halogens is 1. The fraction of sp³-hybridized carbons (Fsp3) is 0.250. The molecule has 4 rings (SSSR count). The van der Waals surface area contributed by atoms with Crippen molar-refractivity contribution >= 4 is 58.2 Å². The van der Waals surface area contributed by atoms with Crippen LogP contribution in [0, 0.1) is 5.92 Å². The smallest absolute Gasteiger partial charge is 0.250 e. The van der Waals surface area contributed by atoms with Crippen molar-refractivity contribution in [2.45, 2.75) is 13.8 Å². The van der Waals surface area contributed by atoms with Gasteiger partial charge in [0.15, 0.2) is 5.11 Å². The predicted molar refractivity (Wildman–Crippen MR) is 153 cm³/mol. The molecule has 0 saturated carbocycles. The predicted octanol–water partition coefficient (Wildman–Crippen LogP) is 5.43. The molecule has 0 atom stereocenters. The lowest BCUT2D eigenvalue weighted by molar-refractivity contribution is -0.134. The largest absolute Gasteiger partial charge is 0.457 e. The van der Waals surface area contributed by atoms with Gasteiger partial charge in [-0.05, 0) is 79.0 Å². The number of nitrogens with zero attached hydrogens (tertiary/aromatic N) is 2. The SMILES string of the molecule is CC(C)C(=O)N1CCN(c2ccc(NC(=S)NC(=O)C=Cc3ccc(-c4ccc(Cl)cc4)o3)cc2)CC1.